The fourth-order valence-electron chi connectivity index (χ4n) is 9.29. The predicted octanol–water partition coefficient (Wildman–Crippen LogP) is 8.93. The molecule has 0 unspecified atom stereocenters. The van der Waals surface area contributed by atoms with Crippen LogP contribution in [0.25, 0.3) is 0 Å². The average molecular weight is 719 g/mol. The fourth-order valence-corrected chi connectivity index (χ4v) is 18.2. The number of benzene rings is 5. The average Bonchev–Trinajstić information content (AvgIpc) is 3.97. The van der Waals surface area contributed by atoms with E-state index in [9.17, 15) is 0 Å². The van der Waals surface area contributed by atoms with Crippen molar-refractivity contribution in [3.05, 3.63) is 168 Å². The molecule has 0 saturated carbocycles. The van der Waals surface area contributed by atoms with Crippen LogP contribution in [0, 0.1) is 0 Å². The van der Waals surface area contributed by atoms with Gasteiger partial charge in [0.2, 0.25) is 0 Å². The molecule has 6 heteroatoms. The summed E-state index contributed by atoms with van der Waals surface area (Å²) in [5.41, 5.74) is 4.38. The van der Waals surface area contributed by atoms with E-state index in [4.69, 9.17) is 18.3 Å². The van der Waals surface area contributed by atoms with Crippen molar-refractivity contribution in [3.8, 4) is 11.5 Å². The molecule has 0 saturated heterocycles. The van der Waals surface area contributed by atoms with E-state index in [1.807, 2.05) is 0 Å². The highest BCUT2D eigenvalue weighted by molar-refractivity contribution is 7.00. The summed E-state index contributed by atoms with van der Waals surface area (Å²) in [6.07, 6.45) is 7.88. The molecule has 262 valence electrons. The molecule has 0 fully saturated rings. The van der Waals surface area contributed by atoms with E-state index >= 15 is 0 Å². The molecule has 4 heterocycles. The monoisotopic (exact) mass is 718 g/mol. The third kappa shape index (κ3) is 4.77. The number of ether oxygens (including phenoxy) is 2. The third-order valence-electron chi connectivity index (χ3n) is 11.5. The van der Waals surface area contributed by atoms with Crippen LogP contribution in [0.3, 0.4) is 0 Å². The van der Waals surface area contributed by atoms with E-state index in [1.165, 1.54) is 20.7 Å². The lowest BCUT2D eigenvalue weighted by Gasteiger charge is -2.45. The first-order valence-corrected chi connectivity index (χ1v) is 22.4. The first kappa shape index (κ1) is 33.4. The lowest BCUT2D eigenvalue weighted by Crippen LogP contribution is -2.69. The van der Waals surface area contributed by atoms with Crippen molar-refractivity contribution in [2.24, 2.45) is 0 Å². The van der Waals surface area contributed by atoms with Crippen LogP contribution >= 0.6 is 0 Å². The van der Waals surface area contributed by atoms with Gasteiger partial charge in [-0.25, -0.2) is 0 Å². The first-order chi connectivity index (χ1) is 25.0. The summed E-state index contributed by atoms with van der Waals surface area (Å²) in [6.45, 7) is 14.0. The molecule has 0 N–H and O–H groups in total. The molecule has 4 bridgehead atoms. The van der Waals surface area contributed by atoms with Gasteiger partial charge in [-0.1, -0.05) is 187 Å². The Balaban J connectivity index is 1.34. The van der Waals surface area contributed by atoms with Crippen molar-refractivity contribution in [2.75, 3.05) is 0 Å². The second-order valence-electron chi connectivity index (χ2n) is 16.6. The van der Waals surface area contributed by atoms with Crippen LogP contribution in [-0.4, -0.2) is 16.6 Å². The molecule has 9 rings (SSSR count). The molecule has 0 aliphatic carbocycles. The summed E-state index contributed by atoms with van der Waals surface area (Å²) >= 11 is 0. The Morgan fingerprint density at radius 2 is 0.615 bits per heavy atom. The van der Waals surface area contributed by atoms with Gasteiger partial charge in [0.25, 0.3) is 0 Å². The minimum Gasteiger partial charge on any atom is -0.533 e. The molecule has 0 amide bonds. The van der Waals surface area contributed by atoms with Crippen LogP contribution in [0.4, 0.5) is 0 Å². The van der Waals surface area contributed by atoms with Gasteiger partial charge in [-0.3, -0.25) is 0 Å². The van der Waals surface area contributed by atoms with Crippen molar-refractivity contribution >= 4 is 37.4 Å². The summed E-state index contributed by atoms with van der Waals surface area (Å²) in [7, 11) is -6.04. The molecular formula is C46H46O4Si2. The van der Waals surface area contributed by atoms with Gasteiger partial charge in [0, 0.05) is 22.3 Å². The summed E-state index contributed by atoms with van der Waals surface area (Å²) in [5.74, 6) is 1.84. The maximum absolute atomic E-state index is 8.02. The lowest BCUT2D eigenvalue weighted by atomic mass is 9.85. The van der Waals surface area contributed by atoms with E-state index < -0.39 is 16.6 Å². The molecule has 5 aromatic carbocycles. The van der Waals surface area contributed by atoms with E-state index in [-0.39, 0.29) is 34.5 Å². The van der Waals surface area contributed by atoms with Gasteiger partial charge in [0.1, 0.15) is 35.9 Å². The highest BCUT2D eigenvalue weighted by Crippen LogP contribution is 2.64. The van der Waals surface area contributed by atoms with Gasteiger partial charge in [0.05, 0.1) is 0 Å². The Hall–Kier alpha value is -4.47. The quantitative estimate of drug-likeness (QED) is 0.119. The molecule has 0 radical (unpaired) electrons. The van der Waals surface area contributed by atoms with Crippen LogP contribution in [0.5, 0.6) is 11.5 Å². The number of fused-ring (bicyclic) bond motifs is 10. The Kier molecular flexibility index (Phi) is 7.72. The highest BCUT2D eigenvalue weighted by atomic mass is 28.4. The van der Waals surface area contributed by atoms with E-state index in [0.717, 1.165) is 33.8 Å². The fraction of sp³-hybridized carbons (Fsp3) is 0.261. The summed E-state index contributed by atoms with van der Waals surface area (Å²) in [5, 5.41) is 4.52. The smallest absolute Gasteiger partial charge is 0.319 e. The maximum Gasteiger partial charge on any atom is 0.319 e. The molecule has 0 aromatic heterocycles. The summed E-state index contributed by atoms with van der Waals surface area (Å²) in [6, 6.07) is 43.6. The van der Waals surface area contributed by atoms with Crippen LogP contribution in [-0.2, 0) is 9.47 Å². The molecular weight excluding hydrogens is 673 g/mol. The zero-order valence-corrected chi connectivity index (χ0v) is 32.8. The van der Waals surface area contributed by atoms with Gasteiger partial charge in [0.15, 0.2) is 0 Å². The van der Waals surface area contributed by atoms with Crippen molar-refractivity contribution in [1.82, 2.24) is 0 Å². The Labute approximate surface area is 310 Å². The predicted molar refractivity (Wildman–Crippen MR) is 214 cm³/mol. The molecule has 4 aliphatic rings. The van der Waals surface area contributed by atoms with Crippen LogP contribution < -0.4 is 29.6 Å². The minimum absolute atomic E-state index is 0.220. The molecule has 4 atom stereocenters. The molecule has 4 aliphatic heterocycles. The van der Waals surface area contributed by atoms with E-state index in [2.05, 4.69) is 187 Å². The second kappa shape index (κ2) is 12.0. The van der Waals surface area contributed by atoms with E-state index in [1.54, 1.807) is 0 Å². The standard InChI is InChI=1S/C46H46O4Si2/c1-45(2,3)51(31-19-11-7-12-20-31,32-21-13-8-14-22-32)49-43-39-35-27-29-37(47-35)41(39)44(42-38-30-28-36(48-38)40(42)43)50-52(46(4,5)6,33-23-15-9-16-24-33)34-25-17-10-18-26-34/h7-30,35-38H,1-6H3/t35-,36-,37-,38-/m1/s1. The third-order valence-corrected chi connectivity index (χ3v) is 21.4. The van der Waals surface area contributed by atoms with Crippen molar-refractivity contribution < 1.29 is 18.3 Å². The maximum atomic E-state index is 8.02. The number of hydrogen-bond donors (Lipinski definition) is 0. The van der Waals surface area contributed by atoms with Crippen LogP contribution in [0.1, 0.15) is 88.2 Å². The molecule has 0 spiro atoms. The van der Waals surface area contributed by atoms with Crippen LogP contribution in [0.2, 0.25) is 10.1 Å². The largest absolute Gasteiger partial charge is 0.533 e. The first-order valence-electron chi connectivity index (χ1n) is 18.6. The molecule has 52 heavy (non-hydrogen) atoms. The zero-order chi connectivity index (χ0) is 35.9. The zero-order valence-electron chi connectivity index (χ0n) is 30.8. The van der Waals surface area contributed by atoms with Gasteiger partial charge in [-0.05, 0) is 30.8 Å². The van der Waals surface area contributed by atoms with Crippen LogP contribution in [0.15, 0.2) is 146 Å². The van der Waals surface area contributed by atoms with Crippen molar-refractivity contribution in [2.45, 2.75) is 76.0 Å². The highest BCUT2D eigenvalue weighted by Gasteiger charge is 2.58. The van der Waals surface area contributed by atoms with Gasteiger partial charge in [-0.15, -0.1) is 0 Å². The van der Waals surface area contributed by atoms with Crippen molar-refractivity contribution in [1.29, 1.82) is 0 Å². The SMILES string of the molecule is CC(C)(C)[Si](Oc1c2c(c(O[Si](c3ccccc3)(c3ccccc3)C(C)(C)C)c3c1[C@H]1C=C[C@H]3O1)[C@H]1C=C[C@H]2O1)(c1ccccc1)c1ccccc1. The Morgan fingerprint density at radius 3 is 0.827 bits per heavy atom. The lowest BCUT2D eigenvalue weighted by molar-refractivity contribution is 0.0818. The summed E-state index contributed by atoms with van der Waals surface area (Å²) in [4.78, 5) is 0. The number of hydrogen-bond acceptors (Lipinski definition) is 4. The normalized spacial score (nSPS) is 21.3. The van der Waals surface area contributed by atoms with Crippen molar-refractivity contribution in [3.63, 3.8) is 0 Å². The topological polar surface area (TPSA) is 36.9 Å². The van der Waals surface area contributed by atoms with Gasteiger partial charge in [-0.2, -0.15) is 0 Å². The minimum atomic E-state index is -3.02. The van der Waals surface area contributed by atoms with Gasteiger partial charge >= 0.3 is 16.6 Å². The molecule has 5 aromatic rings. The van der Waals surface area contributed by atoms with Gasteiger partial charge < -0.3 is 18.3 Å². The molecule has 4 nitrogen and oxygen atoms in total. The second-order valence-corrected chi connectivity index (χ2v) is 25.0. The summed E-state index contributed by atoms with van der Waals surface area (Å²) < 4.78 is 29.7. The Bertz CT molecular complexity index is 1900. The van der Waals surface area contributed by atoms with E-state index in [0.29, 0.717) is 0 Å². The Morgan fingerprint density at radius 1 is 0.385 bits per heavy atom. The number of rotatable bonds is 8.